The molecule has 16 heavy (non-hydrogen) atoms. The van der Waals surface area contributed by atoms with Gasteiger partial charge < -0.3 is 10.6 Å². The summed E-state index contributed by atoms with van der Waals surface area (Å²) < 4.78 is 0. The van der Waals surface area contributed by atoms with Crippen LogP contribution in [0, 0.1) is 0 Å². The molecule has 3 rings (SSSR count). The molecule has 1 aromatic rings. The van der Waals surface area contributed by atoms with Crippen LogP contribution in [0.2, 0.25) is 0 Å². The zero-order valence-electron chi connectivity index (χ0n) is 9.60. The van der Waals surface area contributed by atoms with E-state index in [-0.39, 0.29) is 0 Å². The molecule has 3 nitrogen and oxygen atoms in total. The van der Waals surface area contributed by atoms with Crippen LogP contribution in [0.1, 0.15) is 12.8 Å². The van der Waals surface area contributed by atoms with E-state index >= 15 is 0 Å². The van der Waals surface area contributed by atoms with Crippen LogP contribution in [0.25, 0.3) is 0 Å². The number of nitrogens with zero attached hydrogens (tertiary/aromatic N) is 2. The maximum Gasteiger partial charge on any atom is 0.0387 e. The molecule has 0 bridgehead atoms. The Morgan fingerprint density at radius 3 is 3.00 bits per heavy atom. The van der Waals surface area contributed by atoms with E-state index in [0.717, 1.165) is 18.3 Å². The van der Waals surface area contributed by atoms with Gasteiger partial charge >= 0.3 is 0 Å². The van der Waals surface area contributed by atoms with Crippen LogP contribution in [-0.2, 0) is 0 Å². The van der Waals surface area contributed by atoms with Gasteiger partial charge in [-0.25, -0.2) is 0 Å². The van der Waals surface area contributed by atoms with E-state index in [1.807, 2.05) is 12.1 Å². The Morgan fingerprint density at radius 1 is 1.19 bits per heavy atom. The molecule has 2 N–H and O–H groups in total. The Bertz CT molecular complexity index is 377. The largest absolute Gasteiger partial charge is 0.399 e. The van der Waals surface area contributed by atoms with Crippen molar-refractivity contribution < 1.29 is 0 Å². The van der Waals surface area contributed by atoms with Crippen LogP contribution in [0.3, 0.4) is 0 Å². The van der Waals surface area contributed by atoms with Crippen LogP contribution < -0.4 is 10.6 Å². The monoisotopic (exact) mass is 217 g/mol. The molecule has 3 heteroatoms. The number of fused-ring (bicyclic) bond motifs is 1. The second-order valence-electron chi connectivity index (χ2n) is 4.87. The fourth-order valence-electron chi connectivity index (χ4n) is 2.95. The first kappa shape index (κ1) is 9.97. The molecule has 0 spiro atoms. The lowest BCUT2D eigenvalue weighted by molar-refractivity contribution is 0.231. The van der Waals surface area contributed by atoms with Crippen molar-refractivity contribution in [3.8, 4) is 0 Å². The molecule has 2 aliphatic rings. The number of benzene rings is 1. The lowest BCUT2D eigenvalue weighted by atomic mass is 10.1. The first-order valence-electron chi connectivity index (χ1n) is 6.17. The van der Waals surface area contributed by atoms with E-state index < -0.39 is 0 Å². The van der Waals surface area contributed by atoms with Crippen molar-refractivity contribution in [2.45, 2.75) is 18.9 Å². The standard InChI is InChI=1S/C13H19N3/c14-11-3-1-4-12(9-11)16-8-7-15-6-2-5-13(15)10-16/h1,3-4,9,13H,2,5-8,10,14H2. The SMILES string of the molecule is Nc1cccc(N2CCN3CCCC3C2)c1. The van der Waals surface area contributed by atoms with Crippen molar-refractivity contribution in [1.29, 1.82) is 0 Å². The normalized spacial score (nSPS) is 25.8. The van der Waals surface area contributed by atoms with Gasteiger partial charge in [-0.05, 0) is 37.6 Å². The van der Waals surface area contributed by atoms with Gasteiger partial charge in [0.05, 0.1) is 0 Å². The van der Waals surface area contributed by atoms with Gasteiger partial charge in [-0.3, -0.25) is 4.90 Å². The molecule has 86 valence electrons. The number of anilines is 2. The summed E-state index contributed by atoms with van der Waals surface area (Å²) in [5, 5.41) is 0. The van der Waals surface area contributed by atoms with Crippen molar-refractivity contribution in [1.82, 2.24) is 4.90 Å². The Labute approximate surface area is 96.8 Å². The number of hydrogen-bond donors (Lipinski definition) is 1. The third kappa shape index (κ3) is 1.76. The Kier molecular flexibility index (Phi) is 2.48. The highest BCUT2D eigenvalue weighted by molar-refractivity contribution is 5.56. The zero-order valence-corrected chi connectivity index (χ0v) is 9.60. The van der Waals surface area contributed by atoms with Gasteiger partial charge in [-0.15, -0.1) is 0 Å². The van der Waals surface area contributed by atoms with Gasteiger partial charge in [0.25, 0.3) is 0 Å². The van der Waals surface area contributed by atoms with E-state index in [9.17, 15) is 0 Å². The van der Waals surface area contributed by atoms with Crippen molar-refractivity contribution in [2.24, 2.45) is 0 Å². The molecule has 0 radical (unpaired) electrons. The minimum Gasteiger partial charge on any atom is -0.399 e. The summed E-state index contributed by atoms with van der Waals surface area (Å²) in [6, 6.07) is 9.03. The summed E-state index contributed by atoms with van der Waals surface area (Å²) in [5.74, 6) is 0. The summed E-state index contributed by atoms with van der Waals surface area (Å²) in [6.45, 7) is 4.82. The third-order valence-electron chi connectivity index (χ3n) is 3.82. The molecule has 0 aliphatic carbocycles. The topological polar surface area (TPSA) is 32.5 Å². The molecule has 0 amide bonds. The minimum atomic E-state index is 0.773. The predicted molar refractivity (Wildman–Crippen MR) is 67.7 cm³/mol. The van der Waals surface area contributed by atoms with Crippen molar-refractivity contribution in [2.75, 3.05) is 36.8 Å². The van der Waals surface area contributed by atoms with Crippen LogP contribution >= 0.6 is 0 Å². The number of nitrogens with two attached hydrogens (primary N) is 1. The van der Waals surface area contributed by atoms with E-state index in [1.54, 1.807) is 0 Å². The molecular formula is C13H19N3. The summed E-state index contributed by atoms with van der Waals surface area (Å²) >= 11 is 0. The third-order valence-corrected chi connectivity index (χ3v) is 3.82. The fourth-order valence-corrected chi connectivity index (χ4v) is 2.95. The lowest BCUT2D eigenvalue weighted by Crippen LogP contribution is -2.50. The highest BCUT2D eigenvalue weighted by Gasteiger charge is 2.30. The summed E-state index contributed by atoms with van der Waals surface area (Å²) in [6.07, 6.45) is 2.73. The number of piperazine rings is 1. The molecule has 1 aromatic carbocycles. The van der Waals surface area contributed by atoms with Gasteiger partial charge in [0.2, 0.25) is 0 Å². The highest BCUT2D eigenvalue weighted by atomic mass is 15.3. The Morgan fingerprint density at radius 2 is 2.12 bits per heavy atom. The maximum absolute atomic E-state index is 5.83. The van der Waals surface area contributed by atoms with E-state index in [4.69, 9.17) is 5.73 Å². The smallest absolute Gasteiger partial charge is 0.0387 e. The predicted octanol–water partition coefficient (Wildman–Crippen LogP) is 1.55. The number of nitrogen functional groups attached to an aromatic ring is 1. The Hall–Kier alpha value is -1.22. The van der Waals surface area contributed by atoms with Gasteiger partial charge in [0.1, 0.15) is 0 Å². The summed E-state index contributed by atoms with van der Waals surface area (Å²) in [4.78, 5) is 5.10. The van der Waals surface area contributed by atoms with Crippen molar-refractivity contribution >= 4 is 11.4 Å². The van der Waals surface area contributed by atoms with E-state index in [2.05, 4.69) is 21.9 Å². The van der Waals surface area contributed by atoms with E-state index in [1.165, 1.54) is 38.2 Å². The van der Waals surface area contributed by atoms with Gasteiger partial charge in [0, 0.05) is 37.1 Å². The highest BCUT2D eigenvalue weighted by Crippen LogP contribution is 2.26. The summed E-state index contributed by atoms with van der Waals surface area (Å²) in [5.41, 5.74) is 7.99. The molecule has 1 atom stereocenters. The maximum atomic E-state index is 5.83. The first-order chi connectivity index (χ1) is 7.83. The summed E-state index contributed by atoms with van der Waals surface area (Å²) in [7, 11) is 0. The second-order valence-corrected chi connectivity index (χ2v) is 4.87. The van der Waals surface area contributed by atoms with Crippen LogP contribution in [0.5, 0.6) is 0 Å². The molecule has 2 saturated heterocycles. The number of hydrogen-bond acceptors (Lipinski definition) is 3. The zero-order chi connectivity index (χ0) is 11.0. The van der Waals surface area contributed by atoms with Crippen molar-refractivity contribution in [3.63, 3.8) is 0 Å². The minimum absolute atomic E-state index is 0.773. The molecule has 0 aromatic heterocycles. The van der Waals surface area contributed by atoms with E-state index in [0.29, 0.717) is 0 Å². The van der Waals surface area contributed by atoms with Crippen LogP contribution in [0.4, 0.5) is 11.4 Å². The molecule has 2 fully saturated rings. The van der Waals surface area contributed by atoms with Crippen LogP contribution in [-0.4, -0.2) is 37.1 Å². The average Bonchev–Trinajstić information content (AvgIpc) is 2.75. The quantitative estimate of drug-likeness (QED) is 0.724. The van der Waals surface area contributed by atoms with Crippen LogP contribution in [0.15, 0.2) is 24.3 Å². The van der Waals surface area contributed by atoms with Gasteiger partial charge in [-0.1, -0.05) is 6.07 Å². The Balaban J connectivity index is 1.76. The average molecular weight is 217 g/mol. The molecule has 2 aliphatic heterocycles. The molecule has 0 saturated carbocycles. The molecule has 2 heterocycles. The number of rotatable bonds is 1. The first-order valence-corrected chi connectivity index (χ1v) is 6.17. The lowest BCUT2D eigenvalue weighted by Gasteiger charge is -2.38. The van der Waals surface area contributed by atoms with Gasteiger partial charge in [0.15, 0.2) is 0 Å². The second kappa shape index (κ2) is 3.98. The molecular weight excluding hydrogens is 198 g/mol. The fraction of sp³-hybridized carbons (Fsp3) is 0.538. The van der Waals surface area contributed by atoms with Gasteiger partial charge in [-0.2, -0.15) is 0 Å². The molecule has 1 unspecified atom stereocenters. The van der Waals surface area contributed by atoms with Crippen molar-refractivity contribution in [3.05, 3.63) is 24.3 Å².